The topological polar surface area (TPSA) is 35.2 Å². The van der Waals surface area contributed by atoms with Crippen LogP contribution in [0.4, 0.5) is 0 Å². The van der Waals surface area contributed by atoms with Gasteiger partial charge in [-0.25, -0.2) is 0 Å². The SMILES string of the molecule is Cc1cc(C)cc(COc2ccc(C)cc2CC(C)N)c1. The van der Waals surface area contributed by atoms with Crippen molar-refractivity contribution >= 4 is 0 Å². The van der Waals surface area contributed by atoms with E-state index in [-0.39, 0.29) is 6.04 Å². The number of benzene rings is 2. The van der Waals surface area contributed by atoms with Gasteiger partial charge in [0.25, 0.3) is 0 Å². The second-order valence-corrected chi connectivity index (χ2v) is 6.08. The molecule has 2 heteroatoms. The maximum atomic E-state index is 6.03. The smallest absolute Gasteiger partial charge is 0.123 e. The van der Waals surface area contributed by atoms with Crippen LogP contribution in [0, 0.1) is 20.8 Å². The van der Waals surface area contributed by atoms with Gasteiger partial charge in [-0.05, 0) is 51.3 Å². The molecule has 0 fully saturated rings. The highest BCUT2D eigenvalue weighted by Crippen LogP contribution is 2.23. The number of aryl methyl sites for hydroxylation is 3. The summed E-state index contributed by atoms with van der Waals surface area (Å²) >= 11 is 0. The van der Waals surface area contributed by atoms with E-state index >= 15 is 0 Å². The predicted octanol–water partition coefficient (Wildman–Crippen LogP) is 4.08. The van der Waals surface area contributed by atoms with Gasteiger partial charge < -0.3 is 10.5 Å². The minimum atomic E-state index is 0.135. The summed E-state index contributed by atoms with van der Waals surface area (Å²) in [4.78, 5) is 0. The van der Waals surface area contributed by atoms with E-state index in [0.29, 0.717) is 6.61 Å². The van der Waals surface area contributed by atoms with Crippen LogP contribution in [0.5, 0.6) is 5.75 Å². The third-order valence-corrected chi connectivity index (χ3v) is 3.43. The molecule has 2 nitrogen and oxygen atoms in total. The third kappa shape index (κ3) is 4.61. The fourth-order valence-electron chi connectivity index (χ4n) is 2.67. The molecule has 2 N–H and O–H groups in total. The first-order valence-corrected chi connectivity index (χ1v) is 7.49. The van der Waals surface area contributed by atoms with Crippen LogP contribution in [0.3, 0.4) is 0 Å². The molecule has 0 aliphatic heterocycles. The van der Waals surface area contributed by atoms with E-state index in [9.17, 15) is 0 Å². The average molecular weight is 283 g/mol. The van der Waals surface area contributed by atoms with E-state index in [4.69, 9.17) is 10.5 Å². The number of nitrogens with two attached hydrogens (primary N) is 1. The lowest BCUT2D eigenvalue weighted by molar-refractivity contribution is 0.302. The van der Waals surface area contributed by atoms with Crippen molar-refractivity contribution in [3.8, 4) is 5.75 Å². The van der Waals surface area contributed by atoms with Crippen LogP contribution in [0.15, 0.2) is 36.4 Å². The molecule has 1 unspecified atom stereocenters. The fraction of sp³-hybridized carbons (Fsp3) is 0.368. The Hall–Kier alpha value is -1.80. The van der Waals surface area contributed by atoms with Gasteiger partial charge >= 0.3 is 0 Å². The average Bonchev–Trinajstić information content (AvgIpc) is 2.36. The lowest BCUT2D eigenvalue weighted by Crippen LogP contribution is -2.18. The predicted molar refractivity (Wildman–Crippen MR) is 88.8 cm³/mol. The van der Waals surface area contributed by atoms with Crippen molar-refractivity contribution in [3.05, 3.63) is 64.2 Å². The quantitative estimate of drug-likeness (QED) is 0.897. The Morgan fingerprint density at radius 1 is 0.952 bits per heavy atom. The zero-order valence-corrected chi connectivity index (χ0v) is 13.4. The number of ether oxygens (including phenoxy) is 1. The minimum Gasteiger partial charge on any atom is -0.489 e. The molecule has 112 valence electrons. The summed E-state index contributed by atoms with van der Waals surface area (Å²) < 4.78 is 6.03. The normalized spacial score (nSPS) is 12.2. The summed E-state index contributed by atoms with van der Waals surface area (Å²) in [5, 5.41) is 0. The summed E-state index contributed by atoms with van der Waals surface area (Å²) in [6.07, 6.45) is 0.837. The van der Waals surface area contributed by atoms with E-state index in [0.717, 1.165) is 12.2 Å². The Morgan fingerprint density at radius 3 is 2.24 bits per heavy atom. The van der Waals surface area contributed by atoms with Gasteiger partial charge in [0.15, 0.2) is 0 Å². The Bertz CT molecular complexity index is 597. The Morgan fingerprint density at radius 2 is 1.62 bits per heavy atom. The van der Waals surface area contributed by atoms with Gasteiger partial charge in [0.05, 0.1) is 0 Å². The van der Waals surface area contributed by atoms with Crippen molar-refractivity contribution < 1.29 is 4.74 Å². The van der Waals surface area contributed by atoms with Crippen molar-refractivity contribution in [2.75, 3.05) is 0 Å². The summed E-state index contributed by atoms with van der Waals surface area (Å²) in [6, 6.07) is 13.0. The number of hydrogen-bond acceptors (Lipinski definition) is 2. The van der Waals surface area contributed by atoms with Crippen LogP contribution in [-0.4, -0.2) is 6.04 Å². The van der Waals surface area contributed by atoms with Crippen LogP contribution in [0.25, 0.3) is 0 Å². The van der Waals surface area contributed by atoms with Crippen molar-refractivity contribution in [2.24, 2.45) is 5.73 Å². The van der Waals surface area contributed by atoms with Crippen molar-refractivity contribution in [1.82, 2.24) is 0 Å². The van der Waals surface area contributed by atoms with Gasteiger partial charge in [0.2, 0.25) is 0 Å². The van der Waals surface area contributed by atoms with E-state index in [1.165, 1.54) is 27.8 Å². The first-order valence-electron chi connectivity index (χ1n) is 7.49. The molecule has 0 aromatic heterocycles. The van der Waals surface area contributed by atoms with Gasteiger partial charge in [-0.3, -0.25) is 0 Å². The minimum absolute atomic E-state index is 0.135. The molecule has 0 radical (unpaired) electrons. The Kier molecular flexibility index (Phi) is 5.03. The number of hydrogen-bond donors (Lipinski definition) is 1. The summed E-state index contributed by atoms with van der Waals surface area (Å²) in [6.45, 7) is 8.94. The molecule has 2 rings (SSSR count). The molecular weight excluding hydrogens is 258 g/mol. The summed E-state index contributed by atoms with van der Waals surface area (Å²) in [5.74, 6) is 0.942. The molecule has 2 aromatic carbocycles. The highest BCUT2D eigenvalue weighted by Gasteiger charge is 2.07. The molecular formula is C19H25NO. The standard InChI is InChI=1S/C19H25NO/c1-13-5-6-19(18(10-13)11-16(4)20)21-12-17-8-14(2)7-15(3)9-17/h5-10,16H,11-12,20H2,1-4H3. The molecule has 0 aliphatic rings. The fourth-order valence-corrected chi connectivity index (χ4v) is 2.67. The van der Waals surface area contributed by atoms with Crippen molar-refractivity contribution in [2.45, 2.75) is 46.8 Å². The van der Waals surface area contributed by atoms with Crippen LogP contribution in [0.1, 0.15) is 34.7 Å². The lowest BCUT2D eigenvalue weighted by Gasteiger charge is -2.14. The van der Waals surface area contributed by atoms with Crippen molar-refractivity contribution in [3.63, 3.8) is 0 Å². The third-order valence-electron chi connectivity index (χ3n) is 3.43. The maximum absolute atomic E-state index is 6.03. The largest absolute Gasteiger partial charge is 0.489 e. The van der Waals surface area contributed by atoms with Gasteiger partial charge in [-0.15, -0.1) is 0 Å². The van der Waals surface area contributed by atoms with E-state index in [2.05, 4.69) is 57.2 Å². The lowest BCUT2D eigenvalue weighted by atomic mass is 10.0. The molecule has 0 spiro atoms. The Balaban J connectivity index is 2.15. The van der Waals surface area contributed by atoms with Crippen LogP contribution < -0.4 is 10.5 Å². The van der Waals surface area contributed by atoms with Crippen molar-refractivity contribution in [1.29, 1.82) is 0 Å². The summed E-state index contributed by atoms with van der Waals surface area (Å²) in [7, 11) is 0. The molecule has 0 bridgehead atoms. The molecule has 0 saturated heterocycles. The summed E-state index contributed by atoms with van der Waals surface area (Å²) in [5.41, 5.74) is 12.1. The maximum Gasteiger partial charge on any atom is 0.123 e. The molecule has 21 heavy (non-hydrogen) atoms. The molecule has 2 aromatic rings. The van der Waals surface area contributed by atoms with Gasteiger partial charge in [-0.1, -0.05) is 47.0 Å². The van der Waals surface area contributed by atoms with Gasteiger partial charge in [0, 0.05) is 6.04 Å². The highest BCUT2D eigenvalue weighted by molar-refractivity contribution is 5.38. The van der Waals surface area contributed by atoms with Crippen LogP contribution >= 0.6 is 0 Å². The van der Waals surface area contributed by atoms with Crippen LogP contribution in [0.2, 0.25) is 0 Å². The molecule has 0 aliphatic carbocycles. The molecule has 1 atom stereocenters. The Labute approximate surface area is 127 Å². The monoisotopic (exact) mass is 283 g/mol. The van der Waals surface area contributed by atoms with Gasteiger partial charge in [-0.2, -0.15) is 0 Å². The van der Waals surface area contributed by atoms with Gasteiger partial charge in [0.1, 0.15) is 12.4 Å². The molecule has 0 saturated carbocycles. The molecule has 0 amide bonds. The zero-order valence-electron chi connectivity index (χ0n) is 13.4. The van der Waals surface area contributed by atoms with E-state index < -0.39 is 0 Å². The van der Waals surface area contributed by atoms with E-state index in [1.54, 1.807) is 0 Å². The number of rotatable bonds is 5. The first kappa shape index (κ1) is 15.6. The second kappa shape index (κ2) is 6.77. The second-order valence-electron chi connectivity index (χ2n) is 6.08. The van der Waals surface area contributed by atoms with E-state index in [1.807, 2.05) is 6.92 Å². The highest BCUT2D eigenvalue weighted by atomic mass is 16.5. The zero-order chi connectivity index (χ0) is 15.4. The first-order chi connectivity index (χ1) is 9.94. The van der Waals surface area contributed by atoms with Crippen LogP contribution in [-0.2, 0) is 13.0 Å². The molecule has 0 heterocycles.